The number of ether oxygens (including phenoxy) is 1. The molecule has 0 heterocycles. The van der Waals surface area contributed by atoms with Crippen LogP contribution in [0.5, 0.6) is 11.5 Å². The highest BCUT2D eigenvalue weighted by Crippen LogP contribution is 2.49. The first-order valence-corrected chi connectivity index (χ1v) is 10.6. The van der Waals surface area contributed by atoms with Gasteiger partial charge in [0.15, 0.2) is 0 Å². The molecule has 194 valence electrons. The van der Waals surface area contributed by atoms with Gasteiger partial charge >= 0.3 is 13.7 Å². The highest BCUT2D eigenvalue weighted by Gasteiger charge is 2.41. The molecule has 0 radical (unpaired) electrons. The van der Waals surface area contributed by atoms with Crippen LogP contribution in [0.2, 0.25) is 0 Å². The second-order valence-corrected chi connectivity index (χ2v) is 8.43. The van der Waals surface area contributed by atoms with Crippen LogP contribution in [0.3, 0.4) is 0 Å². The summed E-state index contributed by atoms with van der Waals surface area (Å²) in [5.41, 5.74) is 0. The number of halogens is 10. The molecule has 0 aromatic heterocycles. The number of hydrogen-bond acceptors (Lipinski definition) is 5. The van der Waals surface area contributed by atoms with Gasteiger partial charge in [-0.2, -0.15) is 22.6 Å². The Morgan fingerprint density at radius 1 is 0.629 bits per heavy atom. The zero-order valence-corrected chi connectivity index (χ0v) is 18.3. The Labute approximate surface area is 189 Å². The number of rotatable bonds is 8. The maximum Gasteiger partial charge on any atom is 0.514 e. The fourth-order valence-corrected chi connectivity index (χ4v) is 3.79. The molecule has 0 spiro atoms. The second kappa shape index (κ2) is 10.3. The molecule has 0 saturated heterocycles. The molecule has 0 unspecified atom stereocenters. The molecule has 0 aliphatic rings. The Hall–Kier alpha value is -3.00. The first-order valence-electron chi connectivity index (χ1n) is 9.02. The molecule has 0 aliphatic heterocycles. The summed E-state index contributed by atoms with van der Waals surface area (Å²) < 4.78 is 163. The van der Waals surface area contributed by atoms with Crippen LogP contribution < -0.4 is 14.1 Å². The summed E-state index contributed by atoms with van der Waals surface area (Å²) in [4.78, 5) is 12.0. The molecule has 2 aromatic carbocycles. The molecular formula is C18H12F10NO5P. The largest absolute Gasteiger partial charge is 0.514 e. The van der Waals surface area contributed by atoms with Crippen molar-refractivity contribution < 1.29 is 67.0 Å². The molecule has 2 rings (SSSR count). The van der Waals surface area contributed by atoms with Crippen LogP contribution in [0.15, 0.2) is 0 Å². The van der Waals surface area contributed by atoms with E-state index in [1.165, 1.54) is 18.9 Å². The van der Waals surface area contributed by atoms with Crippen LogP contribution in [0, 0.1) is 58.2 Å². The van der Waals surface area contributed by atoms with Crippen molar-refractivity contribution >= 4 is 13.7 Å². The van der Waals surface area contributed by atoms with Crippen LogP contribution in [-0.2, 0) is 14.1 Å². The van der Waals surface area contributed by atoms with Gasteiger partial charge in [-0.05, 0) is 20.8 Å². The highest BCUT2D eigenvalue weighted by atomic mass is 31.2. The molecule has 1 atom stereocenters. The van der Waals surface area contributed by atoms with E-state index in [9.17, 15) is 53.3 Å². The van der Waals surface area contributed by atoms with Gasteiger partial charge in [-0.15, -0.1) is 0 Å². The normalized spacial score (nSPS) is 12.6. The zero-order valence-electron chi connectivity index (χ0n) is 17.4. The smallest absolute Gasteiger partial charge is 0.462 e. The number of benzene rings is 2. The lowest BCUT2D eigenvalue weighted by Crippen LogP contribution is -2.37. The Morgan fingerprint density at radius 2 is 0.914 bits per heavy atom. The molecule has 0 amide bonds. The van der Waals surface area contributed by atoms with E-state index in [-0.39, 0.29) is 0 Å². The van der Waals surface area contributed by atoms with Crippen LogP contribution >= 0.6 is 7.75 Å². The highest BCUT2D eigenvalue weighted by molar-refractivity contribution is 7.52. The monoisotopic (exact) mass is 543 g/mol. The van der Waals surface area contributed by atoms with E-state index in [0.29, 0.717) is 0 Å². The summed E-state index contributed by atoms with van der Waals surface area (Å²) in [7, 11) is -5.96. The first-order chi connectivity index (χ1) is 16.0. The fourth-order valence-electron chi connectivity index (χ4n) is 2.27. The van der Waals surface area contributed by atoms with Crippen molar-refractivity contribution in [1.82, 2.24) is 5.09 Å². The Balaban J connectivity index is 2.66. The van der Waals surface area contributed by atoms with Gasteiger partial charge in [0.2, 0.25) is 69.7 Å². The van der Waals surface area contributed by atoms with Crippen LogP contribution in [0.4, 0.5) is 43.9 Å². The summed E-state index contributed by atoms with van der Waals surface area (Å²) in [6.45, 7) is 3.48. The van der Waals surface area contributed by atoms with Crippen molar-refractivity contribution in [3.63, 3.8) is 0 Å². The number of carbonyl (C=O) groups excluding carboxylic acids is 1. The van der Waals surface area contributed by atoms with Gasteiger partial charge in [-0.1, -0.05) is 0 Å². The third-order valence-corrected chi connectivity index (χ3v) is 5.37. The van der Waals surface area contributed by atoms with E-state index in [4.69, 9.17) is 4.74 Å². The molecule has 17 heteroatoms. The van der Waals surface area contributed by atoms with Crippen molar-refractivity contribution in [3.05, 3.63) is 58.2 Å². The molecule has 35 heavy (non-hydrogen) atoms. The predicted octanol–water partition coefficient (Wildman–Crippen LogP) is 5.57. The third kappa shape index (κ3) is 5.64. The Morgan fingerprint density at radius 3 is 1.20 bits per heavy atom. The van der Waals surface area contributed by atoms with E-state index in [1.54, 1.807) is 0 Å². The average Bonchev–Trinajstić information content (AvgIpc) is 2.79. The van der Waals surface area contributed by atoms with Crippen LogP contribution in [-0.4, -0.2) is 18.1 Å². The minimum atomic E-state index is -5.96. The van der Waals surface area contributed by atoms with Crippen molar-refractivity contribution in [2.75, 3.05) is 0 Å². The van der Waals surface area contributed by atoms with Gasteiger partial charge in [0.1, 0.15) is 6.04 Å². The SMILES string of the molecule is CC(C)OC(=O)[C@H](C)NP(=O)(Oc1c(F)c(F)c(F)c(F)c1F)Oc1c(F)c(F)c(F)c(F)c1F. The molecule has 2 aromatic rings. The molecular weight excluding hydrogens is 531 g/mol. The minimum Gasteiger partial charge on any atom is -0.462 e. The number of hydrogen-bond donors (Lipinski definition) is 1. The summed E-state index contributed by atoms with van der Waals surface area (Å²) in [6.07, 6.45) is -0.821. The third-order valence-electron chi connectivity index (χ3n) is 3.82. The number of carbonyl (C=O) groups is 1. The quantitative estimate of drug-likeness (QED) is 0.154. The number of nitrogens with one attached hydrogen (secondary N) is 1. The molecule has 0 saturated carbocycles. The lowest BCUT2D eigenvalue weighted by molar-refractivity contribution is -0.149. The van der Waals surface area contributed by atoms with E-state index in [0.717, 1.165) is 6.92 Å². The summed E-state index contributed by atoms with van der Waals surface area (Å²) in [5.74, 6) is -32.8. The van der Waals surface area contributed by atoms with E-state index in [2.05, 4.69) is 9.05 Å². The lowest BCUT2D eigenvalue weighted by Gasteiger charge is -2.24. The number of esters is 1. The van der Waals surface area contributed by atoms with E-state index >= 15 is 0 Å². The van der Waals surface area contributed by atoms with Gasteiger partial charge in [-0.3, -0.25) is 4.79 Å². The van der Waals surface area contributed by atoms with Crippen molar-refractivity contribution in [2.45, 2.75) is 32.9 Å². The van der Waals surface area contributed by atoms with Crippen LogP contribution in [0.25, 0.3) is 0 Å². The molecule has 0 fully saturated rings. The minimum absolute atomic E-state index is 0.807. The fraction of sp³-hybridized carbons (Fsp3) is 0.278. The predicted molar refractivity (Wildman–Crippen MR) is 95.2 cm³/mol. The standard InChI is InChI=1S/C18H12F10NO5P/c1-4(2)32-18(30)5(3)29-35(31,33-16-12(25)8(21)6(19)9(22)13(16)26)34-17-14(27)10(23)7(20)11(24)15(17)28/h4-5H,1-3H3,(H,29,31)/t5-/m0/s1. The zero-order chi connectivity index (χ0) is 27.0. The van der Waals surface area contributed by atoms with Crippen molar-refractivity contribution in [2.24, 2.45) is 0 Å². The average molecular weight is 543 g/mol. The molecule has 1 N–H and O–H groups in total. The molecule has 6 nitrogen and oxygen atoms in total. The maximum absolute atomic E-state index is 14.0. The van der Waals surface area contributed by atoms with Gasteiger partial charge < -0.3 is 13.8 Å². The Kier molecular flexibility index (Phi) is 8.32. The summed E-state index contributed by atoms with van der Waals surface area (Å²) in [5, 5.41) is 1.50. The maximum atomic E-state index is 14.0. The van der Waals surface area contributed by atoms with Crippen molar-refractivity contribution in [1.29, 1.82) is 0 Å². The lowest BCUT2D eigenvalue weighted by atomic mass is 10.3. The Bertz CT molecular complexity index is 1090. The summed E-state index contributed by atoms with van der Waals surface area (Å²) >= 11 is 0. The second-order valence-electron chi connectivity index (χ2n) is 6.81. The first kappa shape index (κ1) is 28.2. The molecule has 0 bridgehead atoms. The van der Waals surface area contributed by atoms with Gasteiger partial charge in [-0.25, -0.2) is 30.9 Å². The van der Waals surface area contributed by atoms with Crippen LogP contribution in [0.1, 0.15) is 20.8 Å². The summed E-state index contributed by atoms with van der Waals surface area (Å²) in [6, 6.07) is -1.93. The van der Waals surface area contributed by atoms with Crippen molar-refractivity contribution in [3.8, 4) is 11.5 Å². The van der Waals surface area contributed by atoms with Gasteiger partial charge in [0.25, 0.3) is 0 Å². The van der Waals surface area contributed by atoms with E-state index < -0.39 is 95.5 Å². The van der Waals surface area contributed by atoms with Gasteiger partial charge in [0, 0.05) is 0 Å². The van der Waals surface area contributed by atoms with Gasteiger partial charge in [0.05, 0.1) is 6.10 Å². The molecule has 0 aliphatic carbocycles. The van der Waals surface area contributed by atoms with E-state index in [1.807, 2.05) is 0 Å². The topological polar surface area (TPSA) is 73.9 Å².